The molecule has 0 bridgehead atoms. The van der Waals surface area contributed by atoms with Crippen molar-refractivity contribution in [3.05, 3.63) is 29.8 Å². The van der Waals surface area contributed by atoms with Crippen LogP contribution in [0.1, 0.15) is 13.8 Å². The lowest BCUT2D eigenvalue weighted by atomic mass is 10.1. The molecule has 0 radical (unpaired) electrons. The van der Waals surface area contributed by atoms with Crippen LogP contribution in [-0.4, -0.2) is 17.3 Å². The minimum absolute atomic E-state index is 0.0622. The summed E-state index contributed by atoms with van der Waals surface area (Å²) >= 11 is 0. The zero-order chi connectivity index (χ0) is 10.8. The van der Waals surface area contributed by atoms with E-state index in [9.17, 15) is 13.9 Å². The molecule has 0 aliphatic rings. The minimum Gasteiger partial charge on any atom is -0.389 e. The Balaban J connectivity index is 2.73. The Morgan fingerprint density at radius 2 is 2.00 bits per heavy atom. The lowest BCUT2D eigenvalue weighted by molar-refractivity contribution is 0.0944. The van der Waals surface area contributed by atoms with E-state index in [0.29, 0.717) is 0 Å². The van der Waals surface area contributed by atoms with Gasteiger partial charge in [0.25, 0.3) is 0 Å². The van der Waals surface area contributed by atoms with E-state index < -0.39 is 17.2 Å². The van der Waals surface area contributed by atoms with Gasteiger partial charge in [-0.05, 0) is 26.0 Å². The van der Waals surface area contributed by atoms with Gasteiger partial charge in [0.2, 0.25) is 0 Å². The predicted molar refractivity (Wildman–Crippen MR) is 51.1 cm³/mol. The van der Waals surface area contributed by atoms with E-state index in [0.717, 1.165) is 6.07 Å². The summed E-state index contributed by atoms with van der Waals surface area (Å²) in [6, 6.07) is 3.87. The molecule has 0 spiro atoms. The molecule has 2 nitrogen and oxygen atoms in total. The number of nitrogens with one attached hydrogen (secondary N) is 1. The molecule has 0 saturated heterocycles. The zero-order valence-corrected chi connectivity index (χ0v) is 8.14. The van der Waals surface area contributed by atoms with Gasteiger partial charge in [-0.15, -0.1) is 0 Å². The number of rotatable bonds is 3. The fourth-order valence-electron chi connectivity index (χ4n) is 0.952. The molecule has 0 amide bonds. The molecule has 14 heavy (non-hydrogen) atoms. The van der Waals surface area contributed by atoms with E-state index >= 15 is 0 Å². The van der Waals surface area contributed by atoms with Gasteiger partial charge in [-0.3, -0.25) is 0 Å². The fraction of sp³-hybridized carbons (Fsp3) is 0.400. The van der Waals surface area contributed by atoms with Crippen LogP contribution in [0.4, 0.5) is 14.5 Å². The number of hydrogen-bond acceptors (Lipinski definition) is 2. The Hall–Kier alpha value is -1.16. The van der Waals surface area contributed by atoms with E-state index in [1.165, 1.54) is 12.1 Å². The van der Waals surface area contributed by atoms with Crippen molar-refractivity contribution in [3.63, 3.8) is 0 Å². The van der Waals surface area contributed by atoms with Crippen molar-refractivity contribution in [1.82, 2.24) is 0 Å². The van der Waals surface area contributed by atoms with Gasteiger partial charge in [0.05, 0.1) is 11.3 Å². The first-order chi connectivity index (χ1) is 6.40. The summed E-state index contributed by atoms with van der Waals surface area (Å²) < 4.78 is 25.8. The van der Waals surface area contributed by atoms with Crippen molar-refractivity contribution >= 4 is 5.69 Å². The van der Waals surface area contributed by atoms with Crippen molar-refractivity contribution in [1.29, 1.82) is 0 Å². The average Bonchev–Trinajstić information content (AvgIpc) is 2.06. The minimum atomic E-state index is -0.960. The summed E-state index contributed by atoms with van der Waals surface area (Å²) in [7, 11) is 0. The molecule has 0 aromatic heterocycles. The van der Waals surface area contributed by atoms with E-state index in [1.54, 1.807) is 13.8 Å². The first kappa shape index (κ1) is 10.9. The largest absolute Gasteiger partial charge is 0.389 e. The molecule has 0 saturated carbocycles. The van der Waals surface area contributed by atoms with Crippen LogP contribution in [0.15, 0.2) is 18.2 Å². The fourth-order valence-corrected chi connectivity index (χ4v) is 0.952. The van der Waals surface area contributed by atoms with Crippen LogP contribution < -0.4 is 5.32 Å². The van der Waals surface area contributed by atoms with E-state index in [4.69, 9.17) is 0 Å². The van der Waals surface area contributed by atoms with Crippen LogP contribution in [0.5, 0.6) is 0 Å². The van der Waals surface area contributed by atoms with Crippen molar-refractivity contribution in [2.24, 2.45) is 0 Å². The first-order valence-electron chi connectivity index (χ1n) is 4.30. The molecule has 0 heterocycles. The smallest absolute Gasteiger partial charge is 0.181 e. The summed E-state index contributed by atoms with van der Waals surface area (Å²) in [5, 5.41) is 12.0. The quantitative estimate of drug-likeness (QED) is 0.785. The van der Waals surface area contributed by atoms with Crippen molar-refractivity contribution in [2.75, 3.05) is 11.9 Å². The summed E-state index contributed by atoms with van der Waals surface area (Å²) in [5.74, 6) is -1.82. The molecule has 4 heteroatoms. The second-order valence-electron chi connectivity index (χ2n) is 3.77. The number of aliphatic hydroxyl groups is 1. The monoisotopic (exact) mass is 201 g/mol. The number of benzene rings is 1. The van der Waals surface area contributed by atoms with Crippen LogP contribution in [0.3, 0.4) is 0 Å². The molecule has 2 N–H and O–H groups in total. The lowest BCUT2D eigenvalue weighted by Gasteiger charge is -2.18. The van der Waals surface area contributed by atoms with Crippen molar-refractivity contribution in [2.45, 2.75) is 19.4 Å². The normalized spacial score (nSPS) is 11.5. The standard InChI is InChI=1S/C10H13F2NO/c1-10(2,14)6-13-8-5-3-4-7(11)9(8)12/h3-5,13-14H,6H2,1-2H3. The molecule has 1 rings (SSSR count). The third-order valence-corrected chi connectivity index (χ3v) is 1.66. The third-order valence-electron chi connectivity index (χ3n) is 1.66. The van der Waals surface area contributed by atoms with Crippen molar-refractivity contribution in [3.8, 4) is 0 Å². The topological polar surface area (TPSA) is 32.3 Å². The van der Waals surface area contributed by atoms with Crippen LogP contribution in [0.2, 0.25) is 0 Å². The number of anilines is 1. The molecule has 0 aliphatic carbocycles. The highest BCUT2D eigenvalue weighted by molar-refractivity contribution is 5.45. The van der Waals surface area contributed by atoms with Crippen LogP contribution in [-0.2, 0) is 0 Å². The molecular formula is C10H13F2NO. The highest BCUT2D eigenvalue weighted by Gasteiger charge is 2.14. The summed E-state index contributed by atoms with van der Waals surface area (Å²) in [6.07, 6.45) is 0. The van der Waals surface area contributed by atoms with Gasteiger partial charge in [0.1, 0.15) is 0 Å². The maximum Gasteiger partial charge on any atom is 0.181 e. The van der Waals surface area contributed by atoms with Gasteiger partial charge in [-0.25, -0.2) is 8.78 Å². The van der Waals surface area contributed by atoms with Crippen LogP contribution in [0, 0.1) is 11.6 Å². The molecule has 0 unspecified atom stereocenters. The Labute approximate surface area is 81.6 Å². The van der Waals surface area contributed by atoms with E-state index in [2.05, 4.69) is 5.32 Å². The number of hydrogen-bond donors (Lipinski definition) is 2. The Morgan fingerprint density at radius 3 is 2.57 bits per heavy atom. The molecule has 78 valence electrons. The summed E-state index contributed by atoms with van der Waals surface area (Å²) in [4.78, 5) is 0. The second kappa shape index (κ2) is 3.92. The third kappa shape index (κ3) is 2.96. The van der Waals surface area contributed by atoms with Gasteiger partial charge >= 0.3 is 0 Å². The van der Waals surface area contributed by atoms with Crippen LogP contribution in [0.25, 0.3) is 0 Å². The van der Waals surface area contributed by atoms with Crippen LogP contribution >= 0.6 is 0 Å². The highest BCUT2D eigenvalue weighted by atomic mass is 19.2. The highest BCUT2D eigenvalue weighted by Crippen LogP contribution is 2.17. The molecule has 1 aromatic rings. The molecular weight excluding hydrogens is 188 g/mol. The van der Waals surface area contributed by atoms with Gasteiger partial charge in [0, 0.05) is 6.54 Å². The Bertz CT molecular complexity index is 320. The maximum atomic E-state index is 13.1. The van der Waals surface area contributed by atoms with Crippen molar-refractivity contribution < 1.29 is 13.9 Å². The summed E-state index contributed by atoms with van der Waals surface area (Å²) in [6.45, 7) is 3.32. The summed E-state index contributed by atoms with van der Waals surface area (Å²) in [5.41, 5.74) is -0.897. The molecule has 0 fully saturated rings. The molecule has 0 atom stereocenters. The average molecular weight is 201 g/mol. The van der Waals surface area contributed by atoms with E-state index in [1.807, 2.05) is 0 Å². The van der Waals surface area contributed by atoms with Gasteiger partial charge < -0.3 is 10.4 Å². The SMILES string of the molecule is CC(C)(O)CNc1cccc(F)c1F. The van der Waals surface area contributed by atoms with Gasteiger partial charge in [-0.1, -0.05) is 6.07 Å². The molecule has 1 aromatic carbocycles. The lowest BCUT2D eigenvalue weighted by Crippen LogP contribution is -2.29. The Morgan fingerprint density at radius 1 is 1.36 bits per heavy atom. The van der Waals surface area contributed by atoms with Gasteiger partial charge in [0.15, 0.2) is 11.6 Å². The first-order valence-corrected chi connectivity index (χ1v) is 4.30. The van der Waals surface area contributed by atoms with Gasteiger partial charge in [-0.2, -0.15) is 0 Å². The maximum absolute atomic E-state index is 13.1. The second-order valence-corrected chi connectivity index (χ2v) is 3.77. The zero-order valence-electron chi connectivity index (χ0n) is 8.14. The predicted octanol–water partition coefficient (Wildman–Crippen LogP) is 2.15. The molecule has 0 aliphatic heterocycles. The van der Waals surface area contributed by atoms with E-state index in [-0.39, 0.29) is 12.2 Å². The number of halogens is 2. The Kier molecular flexibility index (Phi) is 3.06.